The van der Waals surface area contributed by atoms with Crippen molar-refractivity contribution in [2.24, 2.45) is 7.05 Å². The Labute approximate surface area is 93.2 Å². The highest BCUT2D eigenvalue weighted by molar-refractivity contribution is 7.86. The van der Waals surface area contributed by atoms with Gasteiger partial charge in [-0.25, -0.2) is 9.97 Å². The van der Waals surface area contributed by atoms with Gasteiger partial charge in [0.15, 0.2) is 0 Å². The molecule has 0 atom stereocenters. The van der Waals surface area contributed by atoms with E-state index in [0.717, 1.165) is 7.11 Å². The van der Waals surface area contributed by atoms with Crippen molar-refractivity contribution in [2.75, 3.05) is 7.11 Å². The number of nitrogens with zero attached hydrogens (tertiary/aromatic N) is 3. The highest BCUT2D eigenvalue weighted by atomic mass is 32.2. The molecule has 0 unspecified atom stereocenters. The molecule has 2 heterocycles. The Balaban J connectivity index is 0.000000181. The number of rotatable bonds is 2. The first-order valence-electron chi connectivity index (χ1n) is 4.28. The molecule has 0 spiro atoms. The Bertz CT molecular complexity index is 489. The van der Waals surface area contributed by atoms with E-state index in [1.54, 1.807) is 12.5 Å². The number of H-pyrrole nitrogens is 1. The van der Waals surface area contributed by atoms with E-state index in [0.29, 0.717) is 0 Å². The smallest absolute Gasteiger partial charge is 0.330 e. The van der Waals surface area contributed by atoms with Gasteiger partial charge in [0.2, 0.25) is 0 Å². The van der Waals surface area contributed by atoms with Gasteiger partial charge < -0.3 is 9.55 Å². The molecule has 0 aromatic carbocycles. The van der Waals surface area contributed by atoms with E-state index in [-0.39, 0.29) is 5.16 Å². The van der Waals surface area contributed by atoms with Crippen molar-refractivity contribution >= 4 is 10.1 Å². The molecule has 0 aliphatic heterocycles. The lowest BCUT2D eigenvalue weighted by molar-refractivity contribution is 0.393. The van der Waals surface area contributed by atoms with Crippen molar-refractivity contribution in [2.45, 2.75) is 5.16 Å². The van der Waals surface area contributed by atoms with Gasteiger partial charge in [0, 0.05) is 31.8 Å². The Morgan fingerprint density at radius 2 is 2.19 bits per heavy atom. The first kappa shape index (κ1) is 12.4. The zero-order chi connectivity index (χ0) is 12.0. The number of hydrogen-bond donors (Lipinski definition) is 1. The van der Waals surface area contributed by atoms with Gasteiger partial charge in [-0.3, -0.25) is 4.18 Å². The van der Waals surface area contributed by atoms with E-state index in [4.69, 9.17) is 0 Å². The molecule has 88 valence electrons. The Morgan fingerprint density at radius 1 is 1.44 bits per heavy atom. The lowest BCUT2D eigenvalue weighted by Gasteiger charge is -1.92. The Morgan fingerprint density at radius 3 is 2.50 bits per heavy atom. The normalized spacial score (nSPS) is 10.6. The molecule has 0 aliphatic carbocycles. The maximum atomic E-state index is 10.7. The molecule has 0 saturated heterocycles. The molecule has 0 radical (unpaired) electrons. The molecular weight excluding hydrogens is 232 g/mol. The van der Waals surface area contributed by atoms with Crippen LogP contribution >= 0.6 is 0 Å². The monoisotopic (exact) mass is 244 g/mol. The summed E-state index contributed by atoms with van der Waals surface area (Å²) in [6, 6.07) is 0. The van der Waals surface area contributed by atoms with Crippen molar-refractivity contribution in [3.8, 4) is 0 Å². The maximum absolute atomic E-state index is 10.7. The van der Waals surface area contributed by atoms with Gasteiger partial charge in [-0.05, 0) is 0 Å². The minimum Gasteiger partial charge on any atom is -0.341 e. The van der Waals surface area contributed by atoms with Crippen LogP contribution in [0.3, 0.4) is 0 Å². The van der Waals surface area contributed by atoms with Crippen LogP contribution in [-0.4, -0.2) is 35.0 Å². The fraction of sp³-hybridized carbons (Fsp3) is 0.250. The molecular formula is C8H12N4O3S. The van der Waals surface area contributed by atoms with Crippen molar-refractivity contribution in [1.82, 2.24) is 19.5 Å². The number of aryl methyl sites for hydroxylation is 1. The van der Waals surface area contributed by atoms with Crippen LogP contribution < -0.4 is 0 Å². The lowest BCUT2D eigenvalue weighted by Crippen LogP contribution is -2.04. The molecule has 0 amide bonds. The van der Waals surface area contributed by atoms with Crippen molar-refractivity contribution in [3.63, 3.8) is 0 Å². The van der Waals surface area contributed by atoms with Crippen LogP contribution in [-0.2, 0) is 21.3 Å². The lowest BCUT2D eigenvalue weighted by atomic mass is 10.9. The average Bonchev–Trinajstić information content (AvgIpc) is 2.90. The van der Waals surface area contributed by atoms with Gasteiger partial charge in [0.05, 0.1) is 13.4 Å². The summed E-state index contributed by atoms with van der Waals surface area (Å²) in [6.45, 7) is 0. The van der Waals surface area contributed by atoms with E-state index in [1.807, 2.05) is 17.8 Å². The largest absolute Gasteiger partial charge is 0.341 e. The standard InChI is InChI=1S/C4H6N2O3S.C4H6N2/c1-9-10(7,8)4-5-2-3-6-4;1-6-3-2-5-4-6/h2-3H,1H3,(H,5,6);2-4H,1H3. The van der Waals surface area contributed by atoms with Crippen LogP contribution in [0.5, 0.6) is 0 Å². The van der Waals surface area contributed by atoms with Gasteiger partial charge in [-0.1, -0.05) is 0 Å². The summed E-state index contributed by atoms with van der Waals surface area (Å²) in [5.74, 6) is 0. The third kappa shape index (κ3) is 3.48. The van der Waals surface area contributed by atoms with Crippen LogP contribution in [0.25, 0.3) is 0 Å². The zero-order valence-corrected chi connectivity index (χ0v) is 9.68. The maximum Gasteiger partial charge on any atom is 0.330 e. The van der Waals surface area contributed by atoms with Crippen molar-refractivity contribution in [1.29, 1.82) is 0 Å². The first-order valence-corrected chi connectivity index (χ1v) is 5.69. The summed E-state index contributed by atoms with van der Waals surface area (Å²) in [4.78, 5) is 9.68. The van der Waals surface area contributed by atoms with Crippen molar-refractivity contribution in [3.05, 3.63) is 31.1 Å². The van der Waals surface area contributed by atoms with E-state index < -0.39 is 10.1 Å². The van der Waals surface area contributed by atoms with Crippen LogP contribution in [0.1, 0.15) is 0 Å². The molecule has 8 heteroatoms. The van der Waals surface area contributed by atoms with Gasteiger partial charge >= 0.3 is 10.1 Å². The molecule has 2 rings (SSSR count). The van der Waals surface area contributed by atoms with E-state index in [1.165, 1.54) is 12.4 Å². The van der Waals surface area contributed by atoms with E-state index >= 15 is 0 Å². The van der Waals surface area contributed by atoms with Gasteiger partial charge in [-0.15, -0.1) is 0 Å². The zero-order valence-electron chi connectivity index (χ0n) is 8.86. The summed E-state index contributed by atoms with van der Waals surface area (Å²) in [6.07, 6.45) is 8.14. The third-order valence-corrected chi connectivity index (χ3v) is 2.70. The number of aromatic nitrogens is 4. The van der Waals surface area contributed by atoms with Crippen LogP contribution in [0.2, 0.25) is 0 Å². The Kier molecular flexibility index (Phi) is 4.20. The predicted octanol–water partition coefficient (Wildman–Crippen LogP) is 0.165. The van der Waals surface area contributed by atoms with Gasteiger partial charge in [0.1, 0.15) is 0 Å². The van der Waals surface area contributed by atoms with Crippen molar-refractivity contribution < 1.29 is 12.6 Å². The van der Waals surface area contributed by atoms with Gasteiger partial charge in [-0.2, -0.15) is 8.42 Å². The number of hydrogen-bond acceptors (Lipinski definition) is 5. The summed E-state index contributed by atoms with van der Waals surface area (Å²) in [5, 5.41) is -0.171. The topological polar surface area (TPSA) is 89.9 Å². The van der Waals surface area contributed by atoms with Crippen LogP contribution in [0.15, 0.2) is 36.3 Å². The van der Waals surface area contributed by atoms with E-state index in [2.05, 4.69) is 19.1 Å². The second-order valence-electron chi connectivity index (χ2n) is 2.74. The quantitative estimate of drug-likeness (QED) is 0.760. The summed E-state index contributed by atoms with van der Waals surface area (Å²) < 4.78 is 27.5. The average molecular weight is 244 g/mol. The molecule has 1 N–H and O–H groups in total. The summed E-state index contributed by atoms with van der Waals surface area (Å²) >= 11 is 0. The van der Waals surface area contributed by atoms with Crippen LogP contribution in [0, 0.1) is 0 Å². The molecule has 2 aromatic rings. The molecule has 0 aliphatic rings. The van der Waals surface area contributed by atoms with Gasteiger partial charge in [0.25, 0.3) is 5.16 Å². The molecule has 16 heavy (non-hydrogen) atoms. The molecule has 7 nitrogen and oxygen atoms in total. The highest BCUT2D eigenvalue weighted by Crippen LogP contribution is 2.01. The highest BCUT2D eigenvalue weighted by Gasteiger charge is 2.14. The second kappa shape index (κ2) is 5.42. The first-order chi connectivity index (χ1) is 7.56. The van der Waals surface area contributed by atoms with Crippen LogP contribution in [0.4, 0.5) is 0 Å². The summed E-state index contributed by atoms with van der Waals surface area (Å²) in [5.41, 5.74) is 0. The predicted molar refractivity (Wildman–Crippen MR) is 56.0 cm³/mol. The SMILES string of the molecule is COS(=O)(=O)c1ncc[nH]1.Cn1ccnc1. The second-order valence-corrected chi connectivity index (χ2v) is 4.37. The fourth-order valence-corrected chi connectivity index (χ4v) is 1.35. The summed E-state index contributed by atoms with van der Waals surface area (Å²) in [7, 11) is -0.603. The molecule has 0 fully saturated rings. The minimum atomic E-state index is -3.62. The molecule has 2 aromatic heterocycles. The minimum absolute atomic E-state index is 0.171. The number of imidazole rings is 2. The number of nitrogens with one attached hydrogen (secondary N) is 1. The van der Waals surface area contributed by atoms with E-state index in [9.17, 15) is 8.42 Å². The molecule has 0 bridgehead atoms. The third-order valence-electron chi connectivity index (χ3n) is 1.57. The Hall–Kier alpha value is -1.67. The number of aromatic amines is 1. The molecule has 0 saturated carbocycles. The fourth-order valence-electron chi connectivity index (χ4n) is 0.792.